The number of benzene rings is 2. The number of aliphatic hydroxyl groups is 1. The van der Waals surface area contributed by atoms with E-state index in [4.69, 9.17) is 0 Å². The standard InChI is InChI=1S/C24H25FN2O2S/c1-24(29)13-14-27(16-17-6-3-2-4-7-17)21(20-8-5-15-30-20)22(24)26-23(28)18-9-11-19(25)12-10-18/h2-12,15,21-22,29H,13-14,16H2,1H3,(H,26,28)/t21-,22-,24+/m0/s1. The number of thiophene rings is 1. The summed E-state index contributed by atoms with van der Waals surface area (Å²) in [6, 6.07) is 19.0. The minimum atomic E-state index is -1.07. The third-order valence-electron chi connectivity index (χ3n) is 5.74. The lowest BCUT2D eigenvalue weighted by Crippen LogP contribution is -2.62. The summed E-state index contributed by atoms with van der Waals surface area (Å²) in [6.45, 7) is 3.22. The van der Waals surface area contributed by atoms with Crippen LogP contribution in [0.5, 0.6) is 0 Å². The molecule has 3 aromatic rings. The maximum absolute atomic E-state index is 13.3. The molecule has 6 heteroatoms. The van der Waals surface area contributed by atoms with Crippen molar-refractivity contribution < 1.29 is 14.3 Å². The number of hydrogen-bond donors (Lipinski definition) is 2. The zero-order chi connectivity index (χ0) is 21.1. The van der Waals surface area contributed by atoms with Gasteiger partial charge in [-0.3, -0.25) is 9.69 Å². The molecule has 2 heterocycles. The maximum Gasteiger partial charge on any atom is 0.251 e. The summed E-state index contributed by atoms with van der Waals surface area (Å²) >= 11 is 1.62. The summed E-state index contributed by atoms with van der Waals surface area (Å²) in [4.78, 5) is 16.3. The summed E-state index contributed by atoms with van der Waals surface area (Å²) < 4.78 is 13.3. The molecule has 1 aliphatic heterocycles. The topological polar surface area (TPSA) is 52.6 Å². The van der Waals surface area contributed by atoms with Crippen molar-refractivity contribution in [1.82, 2.24) is 10.2 Å². The van der Waals surface area contributed by atoms with Gasteiger partial charge in [0.2, 0.25) is 0 Å². The smallest absolute Gasteiger partial charge is 0.251 e. The van der Waals surface area contributed by atoms with Gasteiger partial charge in [-0.05, 0) is 54.6 Å². The number of rotatable bonds is 5. The Morgan fingerprint density at radius 1 is 1.17 bits per heavy atom. The van der Waals surface area contributed by atoms with Gasteiger partial charge in [-0.2, -0.15) is 0 Å². The number of nitrogens with one attached hydrogen (secondary N) is 1. The van der Waals surface area contributed by atoms with Crippen LogP contribution in [0.4, 0.5) is 4.39 Å². The number of likely N-dealkylation sites (tertiary alicyclic amines) is 1. The average molecular weight is 425 g/mol. The number of nitrogens with zero attached hydrogens (tertiary/aromatic N) is 1. The highest BCUT2D eigenvalue weighted by Gasteiger charge is 2.46. The van der Waals surface area contributed by atoms with E-state index in [1.165, 1.54) is 29.8 Å². The quantitative estimate of drug-likeness (QED) is 0.639. The molecule has 0 bridgehead atoms. The fourth-order valence-corrected chi connectivity index (χ4v) is 4.97. The molecule has 0 unspecified atom stereocenters. The lowest BCUT2D eigenvalue weighted by atomic mass is 9.81. The van der Waals surface area contributed by atoms with Gasteiger partial charge in [-0.1, -0.05) is 36.4 Å². The molecule has 4 rings (SSSR count). The van der Waals surface area contributed by atoms with Crippen molar-refractivity contribution in [3.05, 3.63) is 93.9 Å². The molecule has 0 spiro atoms. The average Bonchev–Trinajstić information content (AvgIpc) is 3.26. The molecular formula is C24H25FN2O2S. The molecule has 1 amide bonds. The van der Waals surface area contributed by atoms with Crippen LogP contribution < -0.4 is 5.32 Å². The van der Waals surface area contributed by atoms with Crippen LogP contribution in [-0.2, 0) is 6.54 Å². The van der Waals surface area contributed by atoms with Crippen molar-refractivity contribution in [2.75, 3.05) is 6.54 Å². The molecule has 156 valence electrons. The molecule has 2 aromatic carbocycles. The molecule has 3 atom stereocenters. The third-order valence-corrected chi connectivity index (χ3v) is 6.68. The van der Waals surface area contributed by atoms with Crippen LogP contribution in [0, 0.1) is 5.82 Å². The molecule has 0 radical (unpaired) electrons. The van der Waals surface area contributed by atoms with Gasteiger partial charge in [0.15, 0.2) is 0 Å². The second-order valence-corrected chi connectivity index (χ2v) is 8.96. The predicted molar refractivity (Wildman–Crippen MR) is 117 cm³/mol. The number of carbonyl (C=O) groups is 1. The first-order chi connectivity index (χ1) is 14.4. The molecule has 30 heavy (non-hydrogen) atoms. The fourth-order valence-electron chi connectivity index (χ4n) is 4.07. The van der Waals surface area contributed by atoms with Crippen molar-refractivity contribution >= 4 is 17.2 Å². The summed E-state index contributed by atoms with van der Waals surface area (Å²) in [7, 11) is 0. The number of piperidine rings is 1. The zero-order valence-corrected chi connectivity index (χ0v) is 17.6. The van der Waals surface area contributed by atoms with Gasteiger partial charge in [-0.15, -0.1) is 11.3 Å². The van der Waals surface area contributed by atoms with Crippen LogP contribution in [0.1, 0.15) is 40.2 Å². The van der Waals surface area contributed by atoms with Crippen LogP contribution in [0.25, 0.3) is 0 Å². The highest BCUT2D eigenvalue weighted by molar-refractivity contribution is 7.10. The minimum absolute atomic E-state index is 0.168. The Morgan fingerprint density at radius 3 is 2.57 bits per heavy atom. The Morgan fingerprint density at radius 2 is 1.90 bits per heavy atom. The van der Waals surface area contributed by atoms with Crippen LogP contribution in [0.3, 0.4) is 0 Å². The molecule has 2 N–H and O–H groups in total. The fraction of sp³-hybridized carbons (Fsp3) is 0.292. The lowest BCUT2D eigenvalue weighted by Gasteiger charge is -2.48. The van der Waals surface area contributed by atoms with Crippen molar-refractivity contribution in [1.29, 1.82) is 0 Å². The Kier molecular flexibility index (Phi) is 5.99. The van der Waals surface area contributed by atoms with Crippen LogP contribution in [0.15, 0.2) is 72.1 Å². The first kappa shape index (κ1) is 20.7. The Balaban J connectivity index is 1.65. The SMILES string of the molecule is C[C@@]1(O)CCN(Cc2ccccc2)[C@@H](c2cccs2)[C@@H]1NC(=O)c1ccc(F)cc1. The molecule has 1 fully saturated rings. The number of halogens is 1. The van der Waals surface area contributed by atoms with E-state index < -0.39 is 11.6 Å². The first-order valence-corrected chi connectivity index (χ1v) is 10.9. The van der Waals surface area contributed by atoms with Gasteiger partial charge in [0.1, 0.15) is 5.82 Å². The Hall–Kier alpha value is -2.54. The number of amides is 1. The Bertz CT molecular complexity index is 974. The monoisotopic (exact) mass is 424 g/mol. The molecule has 1 aliphatic rings. The van der Waals surface area contributed by atoms with Crippen LogP contribution in [-0.4, -0.2) is 34.1 Å². The van der Waals surface area contributed by atoms with Crippen molar-refractivity contribution in [3.8, 4) is 0 Å². The third kappa shape index (κ3) is 4.46. The molecular weight excluding hydrogens is 399 g/mol. The summed E-state index contributed by atoms with van der Waals surface area (Å²) in [6.07, 6.45) is 0.538. The predicted octanol–water partition coefficient (Wildman–Crippen LogP) is 4.38. The highest BCUT2D eigenvalue weighted by atomic mass is 32.1. The number of carbonyl (C=O) groups excluding carboxylic acids is 1. The van der Waals surface area contributed by atoms with E-state index in [2.05, 4.69) is 22.3 Å². The largest absolute Gasteiger partial charge is 0.388 e. The van der Waals surface area contributed by atoms with Gasteiger partial charge >= 0.3 is 0 Å². The van der Waals surface area contributed by atoms with E-state index in [0.29, 0.717) is 18.5 Å². The van der Waals surface area contributed by atoms with E-state index >= 15 is 0 Å². The van der Waals surface area contributed by atoms with Gasteiger partial charge in [0.05, 0.1) is 17.7 Å². The van der Waals surface area contributed by atoms with Crippen molar-refractivity contribution in [2.45, 2.75) is 37.6 Å². The van der Waals surface area contributed by atoms with Gasteiger partial charge in [0.25, 0.3) is 5.91 Å². The van der Waals surface area contributed by atoms with Crippen LogP contribution in [0.2, 0.25) is 0 Å². The minimum Gasteiger partial charge on any atom is -0.388 e. The summed E-state index contributed by atoms with van der Waals surface area (Å²) in [5, 5.41) is 16.3. The normalized spacial score (nSPS) is 24.5. The number of hydrogen-bond acceptors (Lipinski definition) is 4. The van der Waals surface area contributed by atoms with E-state index in [1.807, 2.05) is 35.7 Å². The highest BCUT2D eigenvalue weighted by Crippen LogP contribution is 2.39. The summed E-state index contributed by atoms with van der Waals surface area (Å²) in [5.41, 5.74) is 0.485. The van der Waals surface area contributed by atoms with Crippen LogP contribution >= 0.6 is 11.3 Å². The van der Waals surface area contributed by atoms with E-state index in [0.717, 1.165) is 11.4 Å². The second kappa shape index (κ2) is 8.68. The zero-order valence-electron chi connectivity index (χ0n) is 16.8. The summed E-state index contributed by atoms with van der Waals surface area (Å²) in [5.74, 6) is -0.704. The molecule has 0 saturated carbocycles. The molecule has 4 nitrogen and oxygen atoms in total. The van der Waals surface area contributed by atoms with Gasteiger partial charge in [0, 0.05) is 23.5 Å². The van der Waals surface area contributed by atoms with E-state index in [-0.39, 0.29) is 17.8 Å². The first-order valence-electron chi connectivity index (χ1n) is 10.0. The van der Waals surface area contributed by atoms with Crippen molar-refractivity contribution in [3.63, 3.8) is 0 Å². The van der Waals surface area contributed by atoms with E-state index in [9.17, 15) is 14.3 Å². The second-order valence-electron chi connectivity index (χ2n) is 7.98. The molecule has 0 aliphatic carbocycles. The Labute approximate surface area is 180 Å². The molecule has 1 aromatic heterocycles. The van der Waals surface area contributed by atoms with Gasteiger partial charge in [-0.25, -0.2) is 4.39 Å². The maximum atomic E-state index is 13.3. The van der Waals surface area contributed by atoms with Gasteiger partial charge < -0.3 is 10.4 Å². The van der Waals surface area contributed by atoms with Crippen molar-refractivity contribution in [2.24, 2.45) is 0 Å². The van der Waals surface area contributed by atoms with E-state index in [1.54, 1.807) is 18.3 Å². The molecule has 1 saturated heterocycles. The lowest BCUT2D eigenvalue weighted by molar-refractivity contribution is -0.0656.